The molecule has 1 amide bonds. The van der Waals surface area contributed by atoms with Crippen molar-refractivity contribution in [3.05, 3.63) is 46.7 Å². The number of aryl methyl sites for hydroxylation is 1. The van der Waals surface area contributed by atoms with Gasteiger partial charge in [-0.25, -0.2) is 0 Å². The van der Waals surface area contributed by atoms with Crippen molar-refractivity contribution in [2.24, 2.45) is 7.05 Å². The molecular formula is C24H33ClN4O2. The van der Waals surface area contributed by atoms with E-state index in [9.17, 15) is 4.79 Å². The smallest absolute Gasteiger partial charge is 0.273 e. The zero-order chi connectivity index (χ0) is 21.8. The van der Waals surface area contributed by atoms with Gasteiger partial charge in [0.1, 0.15) is 5.75 Å². The molecule has 168 valence electrons. The maximum Gasteiger partial charge on any atom is 0.273 e. The number of aromatic nitrogens is 2. The first-order chi connectivity index (χ1) is 15.0. The van der Waals surface area contributed by atoms with Crippen LogP contribution in [0, 0.1) is 0 Å². The number of nitrogens with zero attached hydrogens (tertiary/aromatic N) is 3. The summed E-state index contributed by atoms with van der Waals surface area (Å²) in [6.07, 6.45) is 9.98. The lowest BCUT2D eigenvalue weighted by Gasteiger charge is -2.44. The van der Waals surface area contributed by atoms with E-state index in [4.69, 9.17) is 16.3 Å². The maximum absolute atomic E-state index is 12.5. The van der Waals surface area contributed by atoms with Crippen molar-refractivity contribution >= 4 is 17.5 Å². The third-order valence-electron chi connectivity index (χ3n) is 6.96. The molecule has 1 saturated carbocycles. The molecule has 2 aliphatic rings. The second kappa shape index (κ2) is 9.61. The Hall–Kier alpha value is -2.05. The molecular weight excluding hydrogens is 412 g/mol. The Kier molecular flexibility index (Phi) is 6.87. The lowest BCUT2D eigenvalue weighted by atomic mass is 9.69. The number of amides is 1. The molecule has 2 fully saturated rings. The Morgan fingerprint density at radius 3 is 2.45 bits per heavy atom. The summed E-state index contributed by atoms with van der Waals surface area (Å²) in [6, 6.07) is 8.87. The lowest BCUT2D eigenvalue weighted by Crippen LogP contribution is -2.49. The summed E-state index contributed by atoms with van der Waals surface area (Å²) in [5.74, 6) is 0.741. The molecule has 2 heterocycles. The van der Waals surface area contributed by atoms with E-state index in [0.717, 1.165) is 38.2 Å². The SMILES string of the molecule is COc1ccc(C2(CN3CCC(NC(=O)c4nn(C)cc4Cl)CC3)CCCCC2)cc1. The van der Waals surface area contributed by atoms with Crippen molar-refractivity contribution in [2.75, 3.05) is 26.7 Å². The zero-order valence-electron chi connectivity index (χ0n) is 18.6. The molecule has 1 N–H and O–H groups in total. The number of carbonyl (C=O) groups is 1. The number of carbonyl (C=O) groups excluding carboxylic acids is 1. The molecule has 1 aliphatic carbocycles. The minimum Gasteiger partial charge on any atom is -0.497 e. The van der Waals surface area contributed by atoms with Crippen LogP contribution in [0.25, 0.3) is 0 Å². The second-order valence-electron chi connectivity index (χ2n) is 9.09. The highest BCUT2D eigenvalue weighted by Crippen LogP contribution is 2.41. The summed E-state index contributed by atoms with van der Waals surface area (Å²) in [5, 5.41) is 7.70. The number of hydrogen-bond donors (Lipinski definition) is 1. The molecule has 7 heteroatoms. The molecule has 0 atom stereocenters. The van der Waals surface area contributed by atoms with E-state index in [2.05, 4.69) is 39.6 Å². The van der Waals surface area contributed by atoms with Crippen molar-refractivity contribution in [1.82, 2.24) is 20.0 Å². The predicted molar refractivity (Wildman–Crippen MR) is 123 cm³/mol. The van der Waals surface area contributed by atoms with Crippen LogP contribution >= 0.6 is 11.6 Å². The van der Waals surface area contributed by atoms with E-state index in [1.165, 1.54) is 37.7 Å². The van der Waals surface area contributed by atoms with Crippen LogP contribution in [0.5, 0.6) is 5.75 Å². The summed E-state index contributed by atoms with van der Waals surface area (Å²) in [5.41, 5.74) is 1.97. The number of likely N-dealkylation sites (tertiary alicyclic amines) is 1. The predicted octanol–water partition coefficient (Wildman–Crippen LogP) is 4.18. The minimum atomic E-state index is -0.175. The van der Waals surface area contributed by atoms with E-state index in [1.807, 2.05) is 0 Å². The van der Waals surface area contributed by atoms with Gasteiger partial charge in [-0.3, -0.25) is 9.48 Å². The van der Waals surface area contributed by atoms with E-state index >= 15 is 0 Å². The van der Waals surface area contributed by atoms with Crippen LogP contribution in [0.4, 0.5) is 0 Å². The lowest BCUT2D eigenvalue weighted by molar-refractivity contribution is 0.0886. The Morgan fingerprint density at radius 1 is 1.19 bits per heavy atom. The Morgan fingerprint density at radius 2 is 1.87 bits per heavy atom. The van der Waals surface area contributed by atoms with Gasteiger partial charge in [0, 0.05) is 44.3 Å². The highest BCUT2D eigenvalue weighted by atomic mass is 35.5. The van der Waals surface area contributed by atoms with Gasteiger partial charge in [0.2, 0.25) is 0 Å². The fourth-order valence-corrected chi connectivity index (χ4v) is 5.51. The molecule has 0 radical (unpaired) electrons. The van der Waals surface area contributed by atoms with Gasteiger partial charge in [-0.05, 0) is 43.4 Å². The second-order valence-corrected chi connectivity index (χ2v) is 9.50. The molecule has 0 unspecified atom stereocenters. The molecule has 0 spiro atoms. The van der Waals surface area contributed by atoms with E-state index in [0.29, 0.717) is 10.7 Å². The van der Waals surface area contributed by atoms with Gasteiger partial charge >= 0.3 is 0 Å². The summed E-state index contributed by atoms with van der Waals surface area (Å²) in [7, 11) is 3.49. The average molecular weight is 445 g/mol. The third kappa shape index (κ3) is 5.07. The van der Waals surface area contributed by atoms with Gasteiger partial charge in [-0.15, -0.1) is 0 Å². The molecule has 0 bridgehead atoms. The number of nitrogens with one attached hydrogen (secondary N) is 1. The number of hydrogen-bond acceptors (Lipinski definition) is 4. The maximum atomic E-state index is 12.5. The molecule has 1 aromatic carbocycles. The van der Waals surface area contributed by atoms with Crippen LogP contribution in [0.1, 0.15) is 61.0 Å². The summed E-state index contributed by atoms with van der Waals surface area (Å²) < 4.78 is 6.94. The fraction of sp³-hybridized carbons (Fsp3) is 0.583. The van der Waals surface area contributed by atoms with Gasteiger partial charge in [-0.1, -0.05) is 43.0 Å². The Balaban J connectivity index is 1.36. The van der Waals surface area contributed by atoms with Crippen molar-refractivity contribution in [1.29, 1.82) is 0 Å². The third-order valence-corrected chi connectivity index (χ3v) is 7.24. The van der Waals surface area contributed by atoms with Gasteiger partial charge in [-0.2, -0.15) is 5.10 Å². The zero-order valence-corrected chi connectivity index (χ0v) is 19.3. The minimum absolute atomic E-state index is 0.171. The monoisotopic (exact) mass is 444 g/mol. The number of rotatable bonds is 6. The highest BCUT2D eigenvalue weighted by molar-refractivity contribution is 6.33. The first-order valence-corrected chi connectivity index (χ1v) is 11.7. The number of methoxy groups -OCH3 is 1. The molecule has 1 aromatic heterocycles. The normalized spacial score (nSPS) is 19.8. The van der Waals surface area contributed by atoms with Crippen molar-refractivity contribution < 1.29 is 9.53 Å². The first-order valence-electron chi connectivity index (χ1n) is 11.4. The Bertz CT molecular complexity index is 881. The van der Waals surface area contributed by atoms with Crippen LogP contribution in [-0.2, 0) is 12.5 Å². The number of ether oxygens (including phenoxy) is 1. The summed E-state index contributed by atoms with van der Waals surface area (Å²) >= 11 is 6.12. The first kappa shape index (κ1) is 22.2. The van der Waals surface area contributed by atoms with Crippen LogP contribution in [0.2, 0.25) is 5.02 Å². The quantitative estimate of drug-likeness (QED) is 0.726. The van der Waals surface area contributed by atoms with E-state index < -0.39 is 0 Å². The molecule has 1 aliphatic heterocycles. The van der Waals surface area contributed by atoms with E-state index in [1.54, 1.807) is 25.0 Å². The number of benzene rings is 1. The largest absolute Gasteiger partial charge is 0.497 e. The topological polar surface area (TPSA) is 59.4 Å². The van der Waals surface area contributed by atoms with Gasteiger partial charge in [0.25, 0.3) is 5.91 Å². The Labute approximate surface area is 189 Å². The van der Waals surface area contributed by atoms with Crippen LogP contribution in [0.3, 0.4) is 0 Å². The van der Waals surface area contributed by atoms with Gasteiger partial charge in [0.05, 0.1) is 12.1 Å². The fourth-order valence-electron chi connectivity index (χ4n) is 5.24. The van der Waals surface area contributed by atoms with Crippen molar-refractivity contribution in [2.45, 2.75) is 56.4 Å². The van der Waals surface area contributed by atoms with Gasteiger partial charge < -0.3 is 15.0 Å². The average Bonchev–Trinajstić information content (AvgIpc) is 3.14. The van der Waals surface area contributed by atoms with Crippen LogP contribution in [-0.4, -0.2) is 53.4 Å². The summed E-state index contributed by atoms with van der Waals surface area (Å²) in [6.45, 7) is 3.09. The van der Waals surface area contributed by atoms with Gasteiger partial charge in [0.15, 0.2) is 5.69 Å². The molecule has 4 rings (SSSR count). The number of piperidine rings is 1. The van der Waals surface area contributed by atoms with E-state index in [-0.39, 0.29) is 17.4 Å². The van der Waals surface area contributed by atoms with Crippen LogP contribution < -0.4 is 10.1 Å². The van der Waals surface area contributed by atoms with Crippen molar-refractivity contribution in [3.8, 4) is 5.75 Å². The van der Waals surface area contributed by atoms with Crippen molar-refractivity contribution in [3.63, 3.8) is 0 Å². The van der Waals surface area contributed by atoms with Crippen LogP contribution in [0.15, 0.2) is 30.5 Å². The number of halogens is 1. The summed E-state index contributed by atoms with van der Waals surface area (Å²) in [4.78, 5) is 15.1. The molecule has 31 heavy (non-hydrogen) atoms. The standard InChI is InChI=1S/C24H33ClN4O2/c1-28-16-21(25)22(27-28)23(30)26-19-10-14-29(15-11-19)17-24(12-4-3-5-13-24)18-6-8-20(31-2)9-7-18/h6-9,16,19H,3-5,10-15,17H2,1-2H3,(H,26,30). The molecule has 2 aromatic rings. The highest BCUT2D eigenvalue weighted by Gasteiger charge is 2.36. The molecule has 6 nitrogen and oxygen atoms in total. The molecule has 1 saturated heterocycles.